The third kappa shape index (κ3) is 5.67. The van der Waals surface area contributed by atoms with Crippen molar-refractivity contribution >= 4 is 29.1 Å². The summed E-state index contributed by atoms with van der Waals surface area (Å²) in [7, 11) is 0. The fourth-order valence-corrected chi connectivity index (χ4v) is 4.80. The predicted molar refractivity (Wildman–Crippen MR) is 124 cm³/mol. The van der Waals surface area contributed by atoms with E-state index in [2.05, 4.69) is 40.5 Å². The van der Waals surface area contributed by atoms with Crippen LogP contribution in [0.5, 0.6) is 0 Å². The molecular weight excluding hydrogens is 429 g/mol. The van der Waals surface area contributed by atoms with Crippen LogP contribution in [0.3, 0.4) is 0 Å². The molecule has 2 heterocycles. The van der Waals surface area contributed by atoms with Crippen molar-refractivity contribution in [2.75, 3.05) is 37.6 Å². The minimum Gasteiger partial charge on any atom is -0.355 e. The molecule has 0 aromatic heterocycles. The van der Waals surface area contributed by atoms with Gasteiger partial charge in [-0.3, -0.25) is 9.59 Å². The minimum atomic E-state index is -0.527. The molecular formula is C25H29ClFN3O2. The van der Waals surface area contributed by atoms with Gasteiger partial charge in [-0.1, -0.05) is 41.9 Å². The average molecular weight is 458 g/mol. The van der Waals surface area contributed by atoms with E-state index in [0.717, 1.165) is 32.0 Å². The van der Waals surface area contributed by atoms with Gasteiger partial charge in [-0.05, 0) is 62.0 Å². The molecule has 2 aliphatic rings. The Bertz CT molecular complexity index is 947. The van der Waals surface area contributed by atoms with Crippen LogP contribution in [0.1, 0.15) is 24.8 Å². The normalized spacial score (nSPS) is 20.0. The van der Waals surface area contributed by atoms with Gasteiger partial charge in [-0.2, -0.15) is 0 Å². The van der Waals surface area contributed by atoms with Crippen LogP contribution < -0.4 is 10.2 Å². The van der Waals surface area contributed by atoms with E-state index < -0.39 is 11.7 Å². The van der Waals surface area contributed by atoms with Gasteiger partial charge in [0, 0.05) is 31.7 Å². The van der Waals surface area contributed by atoms with Crippen LogP contribution in [0.2, 0.25) is 5.02 Å². The van der Waals surface area contributed by atoms with Crippen LogP contribution in [0, 0.1) is 17.7 Å². The van der Waals surface area contributed by atoms with E-state index in [0.29, 0.717) is 12.2 Å². The lowest BCUT2D eigenvalue weighted by molar-refractivity contribution is -0.126. The third-order valence-corrected chi connectivity index (χ3v) is 6.80. The molecule has 170 valence electrons. The van der Waals surface area contributed by atoms with E-state index in [1.807, 2.05) is 0 Å². The highest BCUT2D eigenvalue weighted by Crippen LogP contribution is 2.28. The summed E-state index contributed by atoms with van der Waals surface area (Å²) >= 11 is 5.83. The highest BCUT2D eigenvalue weighted by Gasteiger charge is 2.35. The zero-order valence-corrected chi connectivity index (χ0v) is 18.9. The second-order valence-corrected chi connectivity index (χ2v) is 9.18. The zero-order valence-electron chi connectivity index (χ0n) is 18.1. The van der Waals surface area contributed by atoms with Gasteiger partial charge in [-0.25, -0.2) is 4.39 Å². The second kappa shape index (κ2) is 10.5. The Morgan fingerprint density at radius 2 is 1.88 bits per heavy atom. The minimum absolute atomic E-state index is 0.0317. The van der Waals surface area contributed by atoms with Gasteiger partial charge in [0.05, 0.1) is 10.9 Å². The number of amides is 2. The topological polar surface area (TPSA) is 52.7 Å². The monoisotopic (exact) mass is 457 g/mol. The molecule has 0 radical (unpaired) electrons. The van der Waals surface area contributed by atoms with Gasteiger partial charge in [0.25, 0.3) is 0 Å². The molecule has 2 fully saturated rings. The van der Waals surface area contributed by atoms with E-state index >= 15 is 0 Å². The Morgan fingerprint density at radius 1 is 1.12 bits per heavy atom. The first-order valence-corrected chi connectivity index (χ1v) is 11.7. The number of rotatable bonds is 7. The van der Waals surface area contributed by atoms with Crippen LogP contribution in [0.15, 0.2) is 48.5 Å². The summed E-state index contributed by atoms with van der Waals surface area (Å²) in [6.07, 6.45) is 3.65. The van der Waals surface area contributed by atoms with Crippen LogP contribution in [0.25, 0.3) is 0 Å². The number of nitrogens with zero attached hydrogens (tertiary/aromatic N) is 2. The molecule has 2 saturated heterocycles. The standard InChI is InChI=1S/C25H29ClFN3O2/c26-22-16-21(6-7-23(22)27)30-17-20(15-24(30)31)25(32)28-10-13-29-11-8-19(9-12-29)14-18-4-2-1-3-5-18/h1-7,16,19-20H,8-15,17H2,(H,28,32). The summed E-state index contributed by atoms with van der Waals surface area (Å²) < 4.78 is 13.4. The molecule has 2 aromatic rings. The number of anilines is 1. The maximum absolute atomic E-state index is 13.4. The molecule has 2 aliphatic heterocycles. The summed E-state index contributed by atoms with van der Waals surface area (Å²) in [5, 5.41) is 2.96. The van der Waals surface area contributed by atoms with E-state index in [-0.39, 0.29) is 29.8 Å². The first kappa shape index (κ1) is 22.7. The van der Waals surface area contributed by atoms with Crippen molar-refractivity contribution in [1.82, 2.24) is 10.2 Å². The Hall–Kier alpha value is -2.44. The summed E-state index contributed by atoms with van der Waals surface area (Å²) in [5.41, 5.74) is 1.93. The van der Waals surface area contributed by atoms with Crippen LogP contribution in [-0.2, 0) is 16.0 Å². The van der Waals surface area contributed by atoms with Crippen molar-refractivity contribution in [3.05, 3.63) is 64.9 Å². The van der Waals surface area contributed by atoms with E-state index in [1.54, 1.807) is 0 Å². The molecule has 0 bridgehead atoms. The molecule has 0 aliphatic carbocycles. The van der Waals surface area contributed by atoms with Crippen LogP contribution >= 0.6 is 11.6 Å². The first-order chi connectivity index (χ1) is 15.5. The number of piperidine rings is 1. The Kier molecular flexibility index (Phi) is 7.43. The second-order valence-electron chi connectivity index (χ2n) is 8.77. The smallest absolute Gasteiger partial charge is 0.227 e. The fourth-order valence-electron chi connectivity index (χ4n) is 4.63. The van der Waals surface area contributed by atoms with E-state index in [1.165, 1.54) is 41.5 Å². The molecule has 0 saturated carbocycles. The number of carbonyl (C=O) groups excluding carboxylic acids is 2. The van der Waals surface area contributed by atoms with Gasteiger partial charge in [0.15, 0.2) is 0 Å². The molecule has 5 nitrogen and oxygen atoms in total. The number of hydrogen-bond donors (Lipinski definition) is 1. The number of benzene rings is 2. The van der Waals surface area contributed by atoms with Crippen LogP contribution in [-0.4, -0.2) is 49.4 Å². The molecule has 1 atom stereocenters. The molecule has 0 spiro atoms. The van der Waals surface area contributed by atoms with Crippen molar-refractivity contribution in [2.45, 2.75) is 25.7 Å². The summed E-state index contributed by atoms with van der Waals surface area (Å²) in [6.45, 7) is 3.79. The molecule has 1 unspecified atom stereocenters. The van der Waals surface area contributed by atoms with E-state index in [4.69, 9.17) is 11.6 Å². The average Bonchev–Trinajstić information content (AvgIpc) is 3.19. The van der Waals surface area contributed by atoms with Crippen molar-refractivity contribution < 1.29 is 14.0 Å². The summed E-state index contributed by atoms with van der Waals surface area (Å²) in [6, 6.07) is 14.8. The van der Waals surface area contributed by atoms with Gasteiger partial charge >= 0.3 is 0 Å². The van der Waals surface area contributed by atoms with Crippen molar-refractivity contribution in [2.24, 2.45) is 11.8 Å². The van der Waals surface area contributed by atoms with Crippen molar-refractivity contribution in [1.29, 1.82) is 0 Å². The number of carbonyl (C=O) groups is 2. The lowest BCUT2D eigenvalue weighted by Crippen LogP contribution is -2.41. The van der Waals surface area contributed by atoms with Gasteiger partial charge in [0.2, 0.25) is 11.8 Å². The quantitative estimate of drug-likeness (QED) is 0.686. The van der Waals surface area contributed by atoms with Gasteiger partial charge in [0.1, 0.15) is 5.82 Å². The molecule has 2 aromatic carbocycles. The first-order valence-electron chi connectivity index (χ1n) is 11.3. The van der Waals surface area contributed by atoms with Crippen molar-refractivity contribution in [3.63, 3.8) is 0 Å². The Balaban J connectivity index is 1.18. The largest absolute Gasteiger partial charge is 0.355 e. The lowest BCUT2D eigenvalue weighted by atomic mass is 9.90. The molecule has 7 heteroatoms. The Labute approximate surface area is 193 Å². The fraction of sp³-hybridized carbons (Fsp3) is 0.440. The summed E-state index contributed by atoms with van der Waals surface area (Å²) in [4.78, 5) is 28.9. The number of likely N-dealkylation sites (tertiary alicyclic amines) is 1. The third-order valence-electron chi connectivity index (χ3n) is 6.51. The SMILES string of the molecule is O=C(NCCN1CCC(Cc2ccccc2)CC1)C1CC(=O)N(c2ccc(F)c(Cl)c2)C1. The number of halogens is 2. The number of nitrogens with one attached hydrogen (secondary N) is 1. The molecule has 2 amide bonds. The highest BCUT2D eigenvalue weighted by atomic mass is 35.5. The van der Waals surface area contributed by atoms with E-state index in [9.17, 15) is 14.0 Å². The maximum Gasteiger partial charge on any atom is 0.227 e. The van der Waals surface area contributed by atoms with Gasteiger partial charge < -0.3 is 15.1 Å². The Morgan fingerprint density at radius 3 is 2.59 bits per heavy atom. The molecule has 4 rings (SSSR count). The lowest BCUT2D eigenvalue weighted by Gasteiger charge is -2.32. The zero-order chi connectivity index (χ0) is 22.5. The predicted octanol–water partition coefficient (Wildman–Crippen LogP) is 3.90. The highest BCUT2D eigenvalue weighted by molar-refractivity contribution is 6.31. The van der Waals surface area contributed by atoms with Gasteiger partial charge in [-0.15, -0.1) is 0 Å². The summed E-state index contributed by atoms with van der Waals surface area (Å²) in [5.74, 6) is -0.455. The maximum atomic E-state index is 13.4. The van der Waals surface area contributed by atoms with Crippen LogP contribution in [0.4, 0.5) is 10.1 Å². The van der Waals surface area contributed by atoms with Crippen molar-refractivity contribution in [3.8, 4) is 0 Å². The number of hydrogen-bond acceptors (Lipinski definition) is 3. The molecule has 32 heavy (non-hydrogen) atoms. The molecule has 1 N–H and O–H groups in total.